The molecule has 1 saturated carbocycles. The molecule has 0 radical (unpaired) electrons. The largest absolute Gasteiger partial charge is 0.342 e. The standard InChI is InChI=1S/C17H28N4OS/c1-12-5-3-6-13(9-12)10-15(22)21-8-4-7-14(11-21)16-18-19-17(23)20(16)2/h12-14H,3-11H2,1-2H3,(H,19,23)/t12-,13-,14-/m0/s1. The Morgan fingerprint density at radius 3 is 2.87 bits per heavy atom. The molecule has 3 rings (SSSR count). The molecule has 2 fully saturated rings. The van der Waals surface area contributed by atoms with Gasteiger partial charge in [-0.05, 0) is 49.7 Å². The molecule has 0 spiro atoms. The van der Waals surface area contributed by atoms with Crippen LogP contribution in [-0.4, -0.2) is 38.7 Å². The predicted molar refractivity (Wildman–Crippen MR) is 92.7 cm³/mol. The first-order valence-corrected chi connectivity index (χ1v) is 9.34. The van der Waals surface area contributed by atoms with Gasteiger partial charge in [0.15, 0.2) is 4.77 Å². The van der Waals surface area contributed by atoms with E-state index in [-0.39, 0.29) is 0 Å². The van der Waals surface area contributed by atoms with Gasteiger partial charge in [0.2, 0.25) is 5.91 Å². The van der Waals surface area contributed by atoms with Crippen LogP contribution in [0.15, 0.2) is 0 Å². The number of likely N-dealkylation sites (tertiary alicyclic amines) is 1. The van der Waals surface area contributed by atoms with Gasteiger partial charge in [-0.2, -0.15) is 5.10 Å². The van der Waals surface area contributed by atoms with Crippen LogP contribution in [0.3, 0.4) is 0 Å². The number of nitrogens with zero attached hydrogens (tertiary/aromatic N) is 3. The maximum atomic E-state index is 12.7. The average molecular weight is 337 g/mol. The highest BCUT2D eigenvalue weighted by molar-refractivity contribution is 7.71. The quantitative estimate of drug-likeness (QED) is 0.861. The van der Waals surface area contributed by atoms with Crippen molar-refractivity contribution >= 4 is 18.1 Å². The van der Waals surface area contributed by atoms with Crippen LogP contribution in [0.5, 0.6) is 0 Å². The second kappa shape index (κ2) is 7.16. The fourth-order valence-electron chi connectivity index (χ4n) is 4.26. The molecule has 5 nitrogen and oxygen atoms in total. The number of nitrogens with one attached hydrogen (secondary N) is 1. The lowest BCUT2D eigenvalue weighted by Gasteiger charge is -2.34. The highest BCUT2D eigenvalue weighted by atomic mass is 32.1. The van der Waals surface area contributed by atoms with Crippen molar-refractivity contribution in [3.8, 4) is 0 Å². The van der Waals surface area contributed by atoms with Gasteiger partial charge in [0, 0.05) is 32.5 Å². The number of rotatable bonds is 3. The second-order valence-electron chi connectivity index (χ2n) is 7.47. The zero-order valence-corrected chi connectivity index (χ0v) is 15.1. The predicted octanol–water partition coefficient (Wildman–Crippen LogP) is 3.40. The number of aromatic nitrogens is 3. The van der Waals surface area contributed by atoms with Gasteiger partial charge in [-0.25, -0.2) is 0 Å². The maximum Gasteiger partial charge on any atom is 0.222 e. The van der Waals surface area contributed by atoms with Gasteiger partial charge < -0.3 is 9.47 Å². The van der Waals surface area contributed by atoms with E-state index in [1.165, 1.54) is 25.7 Å². The van der Waals surface area contributed by atoms with Crippen LogP contribution in [0, 0.1) is 16.6 Å². The highest BCUT2D eigenvalue weighted by Gasteiger charge is 2.29. The summed E-state index contributed by atoms with van der Waals surface area (Å²) in [6.45, 7) is 4.00. The third-order valence-electron chi connectivity index (χ3n) is 5.56. The lowest BCUT2D eigenvalue weighted by molar-refractivity contribution is -0.133. The highest BCUT2D eigenvalue weighted by Crippen LogP contribution is 2.32. The normalized spacial score (nSPS) is 28.8. The van der Waals surface area contributed by atoms with Gasteiger partial charge >= 0.3 is 0 Å². The summed E-state index contributed by atoms with van der Waals surface area (Å²) in [6.07, 6.45) is 7.92. The van der Waals surface area contributed by atoms with Crippen molar-refractivity contribution in [3.63, 3.8) is 0 Å². The fourth-order valence-corrected chi connectivity index (χ4v) is 4.40. The maximum absolute atomic E-state index is 12.7. The van der Waals surface area contributed by atoms with Crippen LogP contribution >= 0.6 is 12.2 Å². The monoisotopic (exact) mass is 336 g/mol. The molecule has 23 heavy (non-hydrogen) atoms. The number of amides is 1. The van der Waals surface area contributed by atoms with Crippen molar-refractivity contribution < 1.29 is 4.79 Å². The number of piperidine rings is 1. The number of carbonyl (C=O) groups excluding carboxylic acids is 1. The minimum atomic E-state index is 0.302. The van der Waals surface area contributed by atoms with Crippen molar-refractivity contribution in [3.05, 3.63) is 10.6 Å². The molecule has 1 aromatic heterocycles. The summed E-state index contributed by atoms with van der Waals surface area (Å²) in [5, 5.41) is 7.23. The smallest absolute Gasteiger partial charge is 0.222 e. The molecule has 0 aromatic carbocycles. The SMILES string of the molecule is C[C@H]1CCC[C@H](CC(=O)N2CCC[C@H](c3n[nH]c(=S)n3C)C2)C1. The summed E-state index contributed by atoms with van der Waals surface area (Å²) in [5.41, 5.74) is 0. The molecule has 1 amide bonds. The fraction of sp³-hybridized carbons (Fsp3) is 0.824. The molecule has 0 unspecified atom stereocenters. The second-order valence-corrected chi connectivity index (χ2v) is 7.85. The molecule has 6 heteroatoms. The molecule has 128 valence electrons. The van der Waals surface area contributed by atoms with Crippen LogP contribution in [0.1, 0.15) is 63.6 Å². The Morgan fingerprint density at radius 1 is 1.35 bits per heavy atom. The van der Waals surface area contributed by atoms with Crippen LogP contribution < -0.4 is 0 Å². The molecular formula is C17H28N4OS. The molecule has 1 saturated heterocycles. The van der Waals surface area contributed by atoms with Crippen molar-refractivity contribution in [1.29, 1.82) is 0 Å². The van der Waals surface area contributed by atoms with Gasteiger partial charge in [-0.3, -0.25) is 9.89 Å². The van der Waals surface area contributed by atoms with E-state index in [4.69, 9.17) is 12.2 Å². The van der Waals surface area contributed by atoms with E-state index in [2.05, 4.69) is 22.0 Å². The summed E-state index contributed by atoms with van der Waals surface area (Å²) in [4.78, 5) is 14.8. The summed E-state index contributed by atoms with van der Waals surface area (Å²) in [7, 11) is 1.95. The topological polar surface area (TPSA) is 53.9 Å². The number of hydrogen-bond acceptors (Lipinski definition) is 3. The number of H-pyrrole nitrogens is 1. The van der Waals surface area contributed by atoms with Crippen LogP contribution in [0.4, 0.5) is 0 Å². The lowest BCUT2D eigenvalue weighted by atomic mass is 9.80. The van der Waals surface area contributed by atoms with E-state index in [0.717, 1.165) is 44.1 Å². The summed E-state index contributed by atoms with van der Waals surface area (Å²) < 4.78 is 2.59. The summed E-state index contributed by atoms with van der Waals surface area (Å²) >= 11 is 5.21. The molecule has 1 aromatic rings. The third-order valence-corrected chi connectivity index (χ3v) is 5.93. The van der Waals surface area contributed by atoms with E-state index in [0.29, 0.717) is 22.5 Å². The summed E-state index contributed by atoms with van der Waals surface area (Å²) in [6, 6.07) is 0. The van der Waals surface area contributed by atoms with E-state index in [1.807, 2.05) is 11.6 Å². The Bertz CT molecular complexity index is 608. The van der Waals surface area contributed by atoms with Gasteiger partial charge in [0.25, 0.3) is 0 Å². The van der Waals surface area contributed by atoms with Crippen molar-refractivity contribution in [2.45, 2.75) is 57.8 Å². The molecular weight excluding hydrogens is 308 g/mol. The minimum Gasteiger partial charge on any atom is -0.342 e. The Hall–Kier alpha value is -1.17. The molecule has 2 heterocycles. The average Bonchev–Trinajstić information content (AvgIpc) is 2.87. The van der Waals surface area contributed by atoms with Crippen LogP contribution in [-0.2, 0) is 11.8 Å². The molecule has 1 aliphatic carbocycles. The van der Waals surface area contributed by atoms with E-state index < -0.39 is 0 Å². The van der Waals surface area contributed by atoms with Gasteiger partial charge in [-0.15, -0.1) is 0 Å². The summed E-state index contributed by atoms with van der Waals surface area (Å²) in [5.74, 6) is 3.00. The Labute approximate surface area is 143 Å². The number of carbonyl (C=O) groups is 1. The molecule has 3 atom stereocenters. The lowest BCUT2D eigenvalue weighted by Crippen LogP contribution is -2.40. The van der Waals surface area contributed by atoms with Crippen molar-refractivity contribution in [1.82, 2.24) is 19.7 Å². The zero-order valence-electron chi connectivity index (χ0n) is 14.3. The zero-order chi connectivity index (χ0) is 16.4. The number of hydrogen-bond donors (Lipinski definition) is 1. The molecule has 1 N–H and O–H groups in total. The Morgan fingerprint density at radius 2 is 2.17 bits per heavy atom. The molecule has 1 aliphatic heterocycles. The van der Waals surface area contributed by atoms with Crippen molar-refractivity contribution in [2.75, 3.05) is 13.1 Å². The van der Waals surface area contributed by atoms with Gasteiger partial charge in [0.1, 0.15) is 5.82 Å². The first-order valence-electron chi connectivity index (χ1n) is 8.93. The van der Waals surface area contributed by atoms with Crippen LogP contribution in [0.25, 0.3) is 0 Å². The molecule has 2 aliphatic rings. The third kappa shape index (κ3) is 3.84. The van der Waals surface area contributed by atoms with Gasteiger partial charge in [-0.1, -0.05) is 19.8 Å². The van der Waals surface area contributed by atoms with Crippen molar-refractivity contribution in [2.24, 2.45) is 18.9 Å². The Kier molecular flexibility index (Phi) is 5.19. The van der Waals surface area contributed by atoms with E-state index in [9.17, 15) is 4.79 Å². The van der Waals surface area contributed by atoms with Crippen LogP contribution in [0.2, 0.25) is 0 Å². The first kappa shape index (κ1) is 16.7. The van der Waals surface area contributed by atoms with E-state index >= 15 is 0 Å². The molecule has 0 bridgehead atoms. The first-order chi connectivity index (χ1) is 11.0. The van der Waals surface area contributed by atoms with E-state index in [1.54, 1.807) is 0 Å². The minimum absolute atomic E-state index is 0.302. The van der Waals surface area contributed by atoms with Gasteiger partial charge in [0.05, 0.1) is 0 Å². The number of aromatic amines is 1. The Balaban J connectivity index is 1.60.